The molecular weight excluding hydrogens is 362 g/mol. The standard InChI is InChI=1S/C24H33N3O2/c1-6-25(7-2)22-13-15-23(16-14-22)27(20(5)28)18-24(29)26(19(3)4)17-21-11-9-8-10-12-21/h8-16,19H,6-7,17-18H2,1-5H3. The maximum absolute atomic E-state index is 13.1. The predicted octanol–water partition coefficient (Wildman–Crippen LogP) is 4.32. The molecule has 2 aromatic rings. The maximum Gasteiger partial charge on any atom is 0.243 e. The Morgan fingerprint density at radius 2 is 1.41 bits per heavy atom. The second-order valence-corrected chi connectivity index (χ2v) is 7.39. The number of rotatable bonds is 9. The summed E-state index contributed by atoms with van der Waals surface area (Å²) in [5.41, 5.74) is 2.93. The average molecular weight is 396 g/mol. The molecule has 0 aromatic heterocycles. The van der Waals surface area contributed by atoms with Crippen molar-refractivity contribution in [3.8, 4) is 0 Å². The molecule has 0 aliphatic carbocycles. The summed E-state index contributed by atoms with van der Waals surface area (Å²) in [5, 5.41) is 0. The molecule has 0 fully saturated rings. The first-order chi connectivity index (χ1) is 13.9. The van der Waals surface area contributed by atoms with Gasteiger partial charge in [-0.15, -0.1) is 0 Å². The normalized spacial score (nSPS) is 10.7. The summed E-state index contributed by atoms with van der Waals surface area (Å²) in [6, 6.07) is 17.8. The summed E-state index contributed by atoms with van der Waals surface area (Å²) in [7, 11) is 0. The van der Waals surface area contributed by atoms with Gasteiger partial charge >= 0.3 is 0 Å². The second kappa shape index (κ2) is 10.6. The highest BCUT2D eigenvalue weighted by atomic mass is 16.2. The van der Waals surface area contributed by atoms with Gasteiger partial charge in [0.2, 0.25) is 11.8 Å². The van der Waals surface area contributed by atoms with E-state index < -0.39 is 0 Å². The van der Waals surface area contributed by atoms with E-state index in [4.69, 9.17) is 0 Å². The molecule has 0 N–H and O–H groups in total. The summed E-state index contributed by atoms with van der Waals surface area (Å²) < 4.78 is 0. The van der Waals surface area contributed by atoms with Crippen LogP contribution in [0.15, 0.2) is 54.6 Å². The zero-order chi connectivity index (χ0) is 21.4. The zero-order valence-corrected chi connectivity index (χ0v) is 18.3. The van der Waals surface area contributed by atoms with Crippen LogP contribution in [0.4, 0.5) is 11.4 Å². The number of hydrogen-bond acceptors (Lipinski definition) is 3. The Kier molecular flexibility index (Phi) is 8.25. The first-order valence-electron chi connectivity index (χ1n) is 10.3. The van der Waals surface area contributed by atoms with E-state index >= 15 is 0 Å². The van der Waals surface area contributed by atoms with Crippen molar-refractivity contribution in [1.82, 2.24) is 4.90 Å². The van der Waals surface area contributed by atoms with Crippen molar-refractivity contribution in [2.45, 2.75) is 47.2 Å². The van der Waals surface area contributed by atoms with Gasteiger partial charge in [-0.2, -0.15) is 0 Å². The lowest BCUT2D eigenvalue weighted by molar-refractivity contribution is -0.133. The van der Waals surface area contributed by atoms with Gasteiger partial charge in [0, 0.05) is 44.0 Å². The van der Waals surface area contributed by atoms with Crippen LogP contribution >= 0.6 is 0 Å². The van der Waals surface area contributed by atoms with E-state index in [9.17, 15) is 9.59 Å². The summed E-state index contributed by atoms with van der Waals surface area (Å²) >= 11 is 0. The van der Waals surface area contributed by atoms with E-state index in [-0.39, 0.29) is 24.4 Å². The number of carbonyl (C=O) groups is 2. The second-order valence-electron chi connectivity index (χ2n) is 7.39. The smallest absolute Gasteiger partial charge is 0.243 e. The molecule has 2 rings (SSSR count). The minimum absolute atomic E-state index is 0.0327. The molecule has 5 nitrogen and oxygen atoms in total. The molecule has 0 unspecified atom stereocenters. The SMILES string of the molecule is CCN(CC)c1ccc(N(CC(=O)N(Cc2ccccc2)C(C)C)C(C)=O)cc1. The highest BCUT2D eigenvalue weighted by Crippen LogP contribution is 2.21. The molecule has 2 aromatic carbocycles. The third-order valence-corrected chi connectivity index (χ3v) is 5.10. The maximum atomic E-state index is 13.1. The molecule has 29 heavy (non-hydrogen) atoms. The summed E-state index contributed by atoms with van der Waals surface area (Å²) in [4.78, 5) is 31.0. The van der Waals surface area contributed by atoms with Crippen LogP contribution < -0.4 is 9.80 Å². The van der Waals surface area contributed by atoms with Gasteiger partial charge in [-0.1, -0.05) is 30.3 Å². The van der Waals surface area contributed by atoms with Crippen LogP contribution in [0, 0.1) is 0 Å². The van der Waals surface area contributed by atoms with Gasteiger partial charge in [0.15, 0.2) is 0 Å². The van der Waals surface area contributed by atoms with Gasteiger partial charge < -0.3 is 14.7 Å². The number of carbonyl (C=O) groups excluding carboxylic acids is 2. The number of hydrogen-bond donors (Lipinski definition) is 0. The molecule has 0 heterocycles. The predicted molar refractivity (Wildman–Crippen MR) is 120 cm³/mol. The molecule has 0 saturated heterocycles. The van der Waals surface area contributed by atoms with Crippen LogP contribution in [0.3, 0.4) is 0 Å². The van der Waals surface area contributed by atoms with Gasteiger partial charge in [0.05, 0.1) is 0 Å². The van der Waals surface area contributed by atoms with Gasteiger partial charge in [0.1, 0.15) is 6.54 Å². The van der Waals surface area contributed by atoms with Crippen molar-refractivity contribution in [3.05, 3.63) is 60.2 Å². The van der Waals surface area contributed by atoms with E-state index in [2.05, 4.69) is 18.7 Å². The molecule has 0 saturated carbocycles. The van der Waals surface area contributed by atoms with Crippen molar-refractivity contribution in [1.29, 1.82) is 0 Å². The van der Waals surface area contributed by atoms with Crippen LogP contribution in [-0.4, -0.2) is 42.4 Å². The first kappa shape index (κ1) is 22.5. The van der Waals surface area contributed by atoms with Gasteiger partial charge in [-0.05, 0) is 57.5 Å². The fourth-order valence-electron chi connectivity index (χ4n) is 3.38. The molecule has 0 bridgehead atoms. The number of amides is 2. The third kappa shape index (κ3) is 6.08. The van der Waals surface area contributed by atoms with E-state index in [0.717, 1.165) is 30.0 Å². The van der Waals surface area contributed by atoms with Crippen LogP contribution in [-0.2, 0) is 16.1 Å². The Balaban J connectivity index is 2.17. The van der Waals surface area contributed by atoms with E-state index in [1.165, 1.54) is 6.92 Å². The highest BCUT2D eigenvalue weighted by Gasteiger charge is 2.22. The van der Waals surface area contributed by atoms with E-state index in [1.54, 1.807) is 4.90 Å². The van der Waals surface area contributed by atoms with Crippen molar-refractivity contribution < 1.29 is 9.59 Å². The summed E-state index contributed by atoms with van der Waals surface area (Å²) in [6.45, 7) is 12.1. The van der Waals surface area contributed by atoms with E-state index in [1.807, 2.05) is 73.3 Å². The molecule has 0 spiro atoms. The van der Waals surface area contributed by atoms with Gasteiger partial charge in [0.25, 0.3) is 0 Å². The lowest BCUT2D eigenvalue weighted by Gasteiger charge is -2.30. The van der Waals surface area contributed by atoms with Crippen LogP contribution in [0.2, 0.25) is 0 Å². The fraction of sp³-hybridized carbons (Fsp3) is 0.417. The van der Waals surface area contributed by atoms with Crippen LogP contribution in [0.25, 0.3) is 0 Å². The highest BCUT2D eigenvalue weighted by molar-refractivity contribution is 5.97. The monoisotopic (exact) mass is 395 g/mol. The zero-order valence-electron chi connectivity index (χ0n) is 18.3. The minimum Gasteiger partial charge on any atom is -0.372 e. The largest absolute Gasteiger partial charge is 0.372 e. The molecule has 0 aliphatic heterocycles. The molecule has 0 radical (unpaired) electrons. The molecular formula is C24H33N3O2. The minimum atomic E-state index is -0.141. The van der Waals surface area contributed by atoms with E-state index in [0.29, 0.717) is 6.54 Å². The molecule has 0 aliphatic rings. The Hall–Kier alpha value is -2.82. The van der Waals surface area contributed by atoms with Crippen LogP contribution in [0.1, 0.15) is 40.2 Å². The van der Waals surface area contributed by atoms with Crippen molar-refractivity contribution in [3.63, 3.8) is 0 Å². The topological polar surface area (TPSA) is 43.9 Å². The number of nitrogens with zero attached hydrogens (tertiary/aromatic N) is 3. The lowest BCUT2D eigenvalue weighted by atomic mass is 10.2. The Morgan fingerprint density at radius 3 is 1.90 bits per heavy atom. The number of anilines is 2. The van der Waals surface area contributed by atoms with Gasteiger partial charge in [-0.3, -0.25) is 9.59 Å². The van der Waals surface area contributed by atoms with Crippen molar-refractivity contribution in [2.24, 2.45) is 0 Å². The Bertz CT molecular complexity index is 784. The average Bonchev–Trinajstić information content (AvgIpc) is 2.72. The lowest BCUT2D eigenvalue weighted by Crippen LogP contribution is -2.44. The molecule has 5 heteroatoms. The fourth-order valence-corrected chi connectivity index (χ4v) is 3.38. The molecule has 0 atom stereocenters. The Labute approximate surface area is 174 Å². The number of benzene rings is 2. The van der Waals surface area contributed by atoms with Crippen molar-refractivity contribution >= 4 is 23.2 Å². The van der Waals surface area contributed by atoms with Gasteiger partial charge in [-0.25, -0.2) is 0 Å². The molecule has 2 amide bonds. The van der Waals surface area contributed by atoms with Crippen molar-refractivity contribution in [2.75, 3.05) is 29.4 Å². The first-order valence-corrected chi connectivity index (χ1v) is 10.3. The Morgan fingerprint density at radius 1 is 0.862 bits per heavy atom. The third-order valence-electron chi connectivity index (χ3n) is 5.10. The quantitative estimate of drug-likeness (QED) is 0.635. The molecule has 156 valence electrons. The summed E-state index contributed by atoms with van der Waals surface area (Å²) in [6.07, 6.45) is 0. The van der Waals surface area contributed by atoms with Crippen LogP contribution in [0.5, 0.6) is 0 Å². The summed E-state index contributed by atoms with van der Waals surface area (Å²) in [5.74, 6) is -0.204.